The average molecular weight is 347 g/mol. The maximum atomic E-state index is 13.2. The molecule has 0 atom stereocenters. The second-order valence-corrected chi connectivity index (χ2v) is 5.88. The Labute approximate surface area is 146 Å². The lowest BCUT2D eigenvalue weighted by molar-refractivity contribution is -0.138. The highest BCUT2D eigenvalue weighted by atomic mass is 19.1. The minimum absolute atomic E-state index is 0.0873. The normalized spacial score (nSPS) is 15.9. The second kappa shape index (κ2) is 8.41. The number of carbonyl (C=O) groups excluding carboxylic acids is 1. The Morgan fingerprint density at radius 2 is 2.00 bits per heavy atom. The molecule has 1 aromatic carbocycles. The molecule has 6 nitrogen and oxygen atoms in total. The van der Waals surface area contributed by atoms with Gasteiger partial charge in [0.05, 0.1) is 12.6 Å². The van der Waals surface area contributed by atoms with Crippen molar-refractivity contribution >= 4 is 11.5 Å². The number of halogens is 1. The molecule has 0 aromatic heterocycles. The fourth-order valence-electron chi connectivity index (χ4n) is 2.00. The van der Waals surface area contributed by atoms with Crippen LogP contribution in [0.4, 0.5) is 4.39 Å². The van der Waals surface area contributed by atoms with Crippen LogP contribution in [0.5, 0.6) is 0 Å². The van der Waals surface area contributed by atoms with Crippen LogP contribution >= 0.6 is 0 Å². The molecule has 2 rings (SSSR count). The molecule has 0 amide bonds. The summed E-state index contributed by atoms with van der Waals surface area (Å²) in [5.74, 6) is -1.50. The van der Waals surface area contributed by atoms with Crippen LogP contribution in [0.2, 0.25) is 0 Å². The van der Waals surface area contributed by atoms with Gasteiger partial charge in [0.15, 0.2) is 5.76 Å². The minimum atomic E-state index is -0.754. The number of allylic oxidation sites excluding steroid dienone is 1. The van der Waals surface area contributed by atoms with Gasteiger partial charge in [-0.3, -0.25) is 0 Å². The second-order valence-electron chi connectivity index (χ2n) is 5.88. The fraction of sp³-hybridized carbons (Fsp3) is 0.389. The van der Waals surface area contributed by atoms with E-state index in [1.165, 1.54) is 24.3 Å². The fourth-order valence-corrected chi connectivity index (χ4v) is 2.00. The van der Waals surface area contributed by atoms with E-state index in [2.05, 4.69) is 10.2 Å². The maximum absolute atomic E-state index is 13.2. The van der Waals surface area contributed by atoms with Gasteiger partial charge in [0.2, 0.25) is 5.70 Å². The Morgan fingerprint density at radius 1 is 1.36 bits per heavy atom. The van der Waals surface area contributed by atoms with Gasteiger partial charge in [-0.25, -0.2) is 9.18 Å². The summed E-state index contributed by atoms with van der Waals surface area (Å²) >= 11 is 0. The third-order valence-electron chi connectivity index (χ3n) is 3.36. The van der Waals surface area contributed by atoms with Crippen molar-refractivity contribution in [1.82, 2.24) is 4.90 Å². The number of esters is 1. The summed E-state index contributed by atoms with van der Waals surface area (Å²) in [4.78, 5) is 13.9. The summed E-state index contributed by atoms with van der Waals surface area (Å²) in [6.45, 7) is 1.82. The maximum Gasteiger partial charge on any atom is 0.362 e. The number of carbonyl (C=O) groups is 1. The number of ether oxygens (including phenoxy) is 1. The van der Waals surface area contributed by atoms with Gasteiger partial charge in [-0.2, -0.15) is 5.11 Å². The quantitative estimate of drug-likeness (QED) is 0.268. The standard InChI is InChI=1S/C18H22FN3O3/c1-4-25-18(24)16(21-20-14-9-10-14)17(23)15(11-22(2)3)12-5-7-13(19)8-6-12/h5-8,11,14,23H,4,9-10H2,1-3H3/b15-11+,17-16?,21-20?. The van der Waals surface area contributed by atoms with E-state index in [0.29, 0.717) is 11.1 Å². The van der Waals surface area contributed by atoms with Crippen molar-refractivity contribution in [2.24, 2.45) is 10.2 Å². The molecule has 0 unspecified atom stereocenters. The Balaban J connectivity index is 2.50. The number of hydrogen-bond donors (Lipinski definition) is 1. The van der Waals surface area contributed by atoms with Crippen molar-refractivity contribution in [3.8, 4) is 0 Å². The summed E-state index contributed by atoms with van der Waals surface area (Å²) in [5, 5.41) is 18.7. The minimum Gasteiger partial charge on any atom is -0.505 e. The highest BCUT2D eigenvalue weighted by Gasteiger charge is 2.24. The zero-order valence-corrected chi connectivity index (χ0v) is 14.6. The number of hydrogen-bond acceptors (Lipinski definition) is 6. The smallest absolute Gasteiger partial charge is 0.362 e. The number of azo groups is 1. The monoisotopic (exact) mass is 347 g/mol. The van der Waals surface area contributed by atoms with Crippen molar-refractivity contribution in [1.29, 1.82) is 0 Å². The van der Waals surface area contributed by atoms with Crippen LogP contribution < -0.4 is 0 Å². The molecule has 0 saturated heterocycles. The summed E-state index contributed by atoms with van der Waals surface area (Å²) in [5.41, 5.74) is 0.602. The average Bonchev–Trinajstić information content (AvgIpc) is 3.38. The Kier molecular flexibility index (Phi) is 6.27. The molecular weight excluding hydrogens is 325 g/mol. The molecule has 1 fully saturated rings. The molecule has 25 heavy (non-hydrogen) atoms. The van der Waals surface area contributed by atoms with Gasteiger partial charge < -0.3 is 14.7 Å². The third kappa shape index (κ3) is 5.41. The van der Waals surface area contributed by atoms with Gasteiger partial charge >= 0.3 is 5.97 Å². The van der Waals surface area contributed by atoms with E-state index in [-0.39, 0.29) is 24.1 Å². The van der Waals surface area contributed by atoms with E-state index in [0.717, 1.165) is 12.8 Å². The highest BCUT2D eigenvalue weighted by Crippen LogP contribution is 2.28. The number of benzene rings is 1. The first-order valence-corrected chi connectivity index (χ1v) is 8.08. The van der Waals surface area contributed by atoms with Crippen molar-refractivity contribution in [3.05, 3.63) is 53.3 Å². The Hall–Kier alpha value is -2.70. The van der Waals surface area contributed by atoms with Crippen LogP contribution in [0.25, 0.3) is 5.57 Å². The molecule has 0 radical (unpaired) electrons. The predicted molar refractivity (Wildman–Crippen MR) is 92.2 cm³/mol. The van der Waals surface area contributed by atoms with Crippen LogP contribution in [-0.4, -0.2) is 42.7 Å². The lowest BCUT2D eigenvalue weighted by Gasteiger charge is -2.13. The molecule has 134 valence electrons. The van der Waals surface area contributed by atoms with E-state index >= 15 is 0 Å². The summed E-state index contributed by atoms with van der Waals surface area (Å²) in [7, 11) is 3.54. The molecule has 1 aliphatic rings. The van der Waals surface area contributed by atoms with Crippen LogP contribution in [0, 0.1) is 5.82 Å². The third-order valence-corrected chi connectivity index (χ3v) is 3.36. The lowest BCUT2D eigenvalue weighted by Crippen LogP contribution is -2.11. The molecule has 1 aromatic rings. The van der Waals surface area contributed by atoms with Crippen LogP contribution in [0.1, 0.15) is 25.3 Å². The SMILES string of the molecule is CCOC(=O)C(N=NC1CC1)=C(O)/C(=C/N(C)C)c1ccc(F)cc1. The first-order chi connectivity index (χ1) is 11.9. The molecule has 0 heterocycles. The Morgan fingerprint density at radius 3 is 2.52 bits per heavy atom. The van der Waals surface area contributed by atoms with E-state index in [9.17, 15) is 14.3 Å². The van der Waals surface area contributed by atoms with Crippen LogP contribution in [-0.2, 0) is 9.53 Å². The molecule has 7 heteroatoms. The van der Waals surface area contributed by atoms with Crippen molar-refractivity contribution < 1.29 is 19.0 Å². The van der Waals surface area contributed by atoms with Gasteiger partial charge in [-0.05, 0) is 37.5 Å². The van der Waals surface area contributed by atoms with Gasteiger partial charge in [-0.1, -0.05) is 12.1 Å². The number of rotatable bonds is 7. The molecule has 0 bridgehead atoms. The van der Waals surface area contributed by atoms with Crippen molar-refractivity contribution in [3.63, 3.8) is 0 Å². The lowest BCUT2D eigenvalue weighted by atomic mass is 10.0. The van der Waals surface area contributed by atoms with E-state index in [1.807, 2.05) is 0 Å². The van der Waals surface area contributed by atoms with Crippen molar-refractivity contribution in [2.45, 2.75) is 25.8 Å². The number of aliphatic hydroxyl groups is 1. The predicted octanol–water partition coefficient (Wildman–Crippen LogP) is 3.68. The first kappa shape index (κ1) is 18.6. The molecule has 1 saturated carbocycles. The molecule has 1 aliphatic carbocycles. The van der Waals surface area contributed by atoms with E-state index in [4.69, 9.17) is 4.74 Å². The van der Waals surface area contributed by atoms with Crippen molar-refractivity contribution in [2.75, 3.05) is 20.7 Å². The highest BCUT2D eigenvalue weighted by molar-refractivity contribution is 5.93. The zero-order valence-electron chi connectivity index (χ0n) is 14.6. The van der Waals surface area contributed by atoms with Gasteiger partial charge in [0.1, 0.15) is 5.82 Å². The molecule has 0 aliphatic heterocycles. The first-order valence-electron chi connectivity index (χ1n) is 8.08. The molecule has 0 spiro atoms. The summed E-state index contributed by atoms with van der Waals surface area (Å²) in [6, 6.07) is 5.68. The van der Waals surface area contributed by atoms with Gasteiger partial charge in [0.25, 0.3) is 0 Å². The topological polar surface area (TPSA) is 74.5 Å². The molecular formula is C18H22FN3O3. The van der Waals surface area contributed by atoms with Crippen LogP contribution in [0.15, 0.2) is 52.2 Å². The summed E-state index contributed by atoms with van der Waals surface area (Å²) in [6.07, 6.45) is 3.45. The van der Waals surface area contributed by atoms with Crippen LogP contribution in [0.3, 0.4) is 0 Å². The Bertz CT molecular complexity index is 705. The largest absolute Gasteiger partial charge is 0.505 e. The number of aliphatic hydroxyl groups excluding tert-OH is 1. The van der Waals surface area contributed by atoms with E-state index < -0.39 is 11.8 Å². The zero-order chi connectivity index (χ0) is 18.4. The summed E-state index contributed by atoms with van der Waals surface area (Å²) < 4.78 is 18.2. The number of nitrogens with zero attached hydrogens (tertiary/aromatic N) is 3. The van der Waals surface area contributed by atoms with Gasteiger partial charge in [-0.15, -0.1) is 5.11 Å². The van der Waals surface area contributed by atoms with E-state index in [1.54, 1.807) is 32.1 Å². The van der Waals surface area contributed by atoms with Gasteiger partial charge in [0, 0.05) is 25.9 Å². The molecule has 1 N–H and O–H groups in total.